The zero-order valence-corrected chi connectivity index (χ0v) is 15.5. The Balaban J connectivity index is 1.65. The van der Waals surface area contributed by atoms with Crippen LogP contribution in [0.25, 0.3) is 10.9 Å². The number of carbonyl (C=O) groups is 1. The number of para-hydroxylation sites is 2. The molecular formula is C24H20N2O2. The molecule has 0 spiro atoms. The van der Waals surface area contributed by atoms with Gasteiger partial charge in [-0.05, 0) is 24.6 Å². The number of anilines is 1. The van der Waals surface area contributed by atoms with Crippen LogP contribution >= 0.6 is 0 Å². The number of rotatable bonds is 3. The number of amides is 1. The van der Waals surface area contributed by atoms with Gasteiger partial charge in [-0.3, -0.25) is 4.79 Å². The summed E-state index contributed by atoms with van der Waals surface area (Å²) >= 11 is 0. The molecule has 0 unspecified atom stereocenters. The third-order valence-electron chi connectivity index (χ3n) is 5.58. The van der Waals surface area contributed by atoms with Crippen LogP contribution in [0.15, 0.2) is 79.0 Å². The molecule has 1 aliphatic heterocycles. The van der Waals surface area contributed by atoms with Gasteiger partial charge in [0.15, 0.2) is 5.60 Å². The molecule has 1 atom stereocenters. The first-order valence-corrected chi connectivity index (χ1v) is 9.35. The summed E-state index contributed by atoms with van der Waals surface area (Å²) in [6.45, 7) is 2.46. The molecule has 0 bridgehead atoms. The number of hydrogen-bond donors (Lipinski definition) is 2. The first-order valence-electron chi connectivity index (χ1n) is 9.35. The minimum Gasteiger partial charge on any atom is -0.372 e. The van der Waals surface area contributed by atoms with E-state index in [1.54, 1.807) is 11.1 Å². The Morgan fingerprint density at radius 2 is 1.64 bits per heavy atom. The van der Waals surface area contributed by atoms with Crippen molar-refractivity contribution in [3.8, 4) is 0 Å². The van der Waals surface area contributed by atoms with Gasteiger partial charge in [-0.25, -0.2) is 0 Å². The molecule has 0 aliphatic carbocycles. The van der Waals surface area contributed by atoms with Crippen molar-refractivity contribution in [3.63, 3.8) is 0 Å². The Morgan fingerprint density at radius 1 is 0.929 bits per heavy atom. The molecule has 2 heterocycles. The molecule has 28 heavy (non-hydrogen) atoms. The highest BCUT2D eigenvalue weighted by molar-refractivity contribution is 6.11. The summed E-state index contributed by atoms with van der Waals surface area (Å²) in [5, 5.41) is 12.6. The van der Waals surface area contributed by atoms with Gasteiger partial charge in [-0.1, -0.05) is 66.2 Å². The molecular weight excluding hydrogens is 348 g/mol. The summed E-state index contributed by atoms with van der Waals surface area (Å²) in [5.41, 5.74) is 3.35. The SMILES string of the molecule is Cc1ccc(CN2C(=O)[C@](O)(c3c[nH]c4ccccc34)c3ccccc32)cc1. The maximum atomic E-state index is 13.6. The highest BCUT2D eigenvalue weighted by Crippen LogP contribution is 2.46. The third-order valence-corrected chi connectivity index (χ3v) is 5.58. The van der Waals surface area contributed by atoms with E-state index in [0.717, 1.165) is 22.2 Å². The molecule has 3 aromatic carbocycles. The zero-order valence-electron chi connectivity index (χ0n) is 15.5. The minimum atomic E-state index is -1.71. The summed E-state index contributed by atoms with van der Waals surface area (Å²) in [7, 11) is 0. The Bertz CT molecular complexity index is 1190. The van der Waals surface area contributed by atoms with E-state index in [1.807, 2.05) is 79.7 Å². The molecule has 1 amide bonds. The number of nitrogens with zero attached hydrogens (tertiary/aromatic N) is 1. The summed E-state index contributed by atoms with van der Waals surface area (Å²) in [6.07, 6.45) is 1.74. The number of hydrogen-bond acceptors (Lipinski definition) is 2. The molecule has 0 fully saturated rings. The first kappa shape index (κ1) is 16.8. The van der Waals surface area contributed by atoms with Crippen LogP contribution in [-0.2, 0) is 16.9 Å². The molecule has 4 aromatic rings. The molecule has 2 N–H and O–H groups in total. The number of benzene rings is 3. The van der Waals surface area contributed by atoms with Crippen molar-refractivity contribution >= 4 is 22.5 Å². The average Bonchev–Trinajstić information content (AvgIpc) is 3.24. The van der Waals surface area contributed by atoms with Gasteiger partial charge in [0.25, 0.3) is 5.91 Å². The second kappa shape index (κ2) is 6.08. The van der Waals surface area contributed by atoms with Crippen LogP contribution in [0.5, 0.6) is 0 Å². The monoisotopic (exact) mass is 368 g/mol. The van der Waals surface area contributed by atoms with Crippen LogP contribution < -0.4 is 4.90 Å². The summed E-state index contributed by atoms with van der Waals surface area (Å²) in [4.78, 5) is 18.4. The van der Waals surface area contributed by atoms with E-state index >= 15 is 0 Å². The van der Waals surface area contributed by atoms with Crippen molar-refractivity contribution in [2.75, 3.05) is 4.90 Å². The highest BCUT2D eigenvalue weighted by Gasteiger charge is 2.51. The van der Waals surface area contributed by atoms with Gasteiger partial charge < -0.3 is 15.0 Å². The van der Waals surface area contributed by atoms with E-state index in [9.17, 15) is 9.90 Å². The summed E-state index contributed by atoms with van der Waals surface area (Å²) in [6, 6.07) is 23.3. The van der Waals surface area contributed by atoms with Crippen LogP contribution in [0.4, 0.5) is 5.69 Å². The van der Waals surface area contributed by atoms with Gasteiger partial charge in [-0.2, -0.15) is 0 Å². The number of carbonyl (C=O) groups excluding carboxylic acids is 1. The van der Waals surface area contributed by atoms with E-state index in [2.05, 4.69) is 4.98 Å². The quantitative estimate of drug-likeness (QED) is 0.568. The normalized spacial score (nSPS) is 18.6. The molecule has 5 rings (SSSR count). The van der Waals surface area contributed by atoms with Crippen LogP contribution in [0.3, 0.4) is 0 Å². The van der Waals surface area contributed by atoms with E-state index < -0.39 is 5.60 Å². The largest absolute Gasteiger partial charge is 0.372 e. The molecule has 4 heteroatoms. The van der Waals surface area contributed by atoms with Crippen molar-refractivity contribution < 1.29 is 9.90 Å². The number of nitrogens with one attached hydrogen (secondary N) is 1. The van der Waals surface area contributed by atoms with Crippen molar-refractivity contribution in [1.82, 2.24) is 4.98 Å². The predicted octanol–water partition coefficient (Wildman–Crippen LogP) is 4.26. The summed E-state index contributed by atoms with van der Waals surface area (Å²) < 4.78 is 0. The first-order chi connectivity index (χ1) is 13.6. The molecule has 0 saturated heterocycles. The van der Waals surface area contributed by atoms with E-state index in [4.69, 9.17) is 0 Å². The Morgan fingerprint density at radius 3 is 2.46 bits per heavy atom. The Hall–Kier alpha value is -3.37. The molecule has 1 aromatic heterocycles. The maximum Gasteiger partial charge on any atom is 0.268 e. The van der Waals surface area contributed by atoms with Gasteiger partial charge in [0.05, 0.1) is 12.2 Å². The van der Waals surface area contributed by atoms with Gasteiger partial charge in [0, 0.05) is 28.2 Å². The standard InChI is InChI=1S/C24H20N2O2/c1-16-10-12-17(13-11-16)15-26-22-9-5-3-7-19(22)24(28,23(26)27)20-14-25-21-8-4-2-6-18(20)21/h2-14,25,28H,15H2,1H3/t24-/m1/s1. The topological polar surface area (TPSA) is 56.3 Å². The molecule has 4 nitrogen and oxygen atoms in total. The van der Waals surface area contributed by atoms with Crippen LogP contribution in [-0.4, -0.2) is 16.0 Å². The fourth-order valence-electron chi connectivity index (χ4n) is 4.10. The van der Waals surface area contributed by atoms with Crippen LogP contribution in [0, 0.1) is 6.92 Å². The lowest BCUT2D eigenvalue weighted by Gasteiger charge is -2.23. The maximum absolute atomic E-state index is 13.6. The molecule has 0 saturated carbocycles. The minimum absolute atomic E-state index is 0.320. The number of aryl methyl sites for hydroxylation is 1. The second-order valence-electron chi connectivity index (χ2n) is 7.35. The van der Waals surface area contributed by atoms with Crippen molar-refractivity contribution in [1.29, 1.82) is 0 Å². The molecule has 0 radical (unpaired) electrons. The van der Waals surface area contributed by atoms with Crippen molar-refractivity contribution in [3.05, 3.63) is 101 Å². The number of aromatic amines is 1. The number of aliphatic hydroxyl groups is 1. The van der Waals surface area contributed by atoms with Crippen LogP contribution in [0.1, 0.15) is 22.3 Å². The number of aromatic nitrogens is 1. The molecule has 138 valence electrons. The van der Waals surface area contributed by atoms with Crippen molar-refractivity contribution in [2.45, 2.75) is 19.1 Å². The lowest BCUT2D eigenvalue weighted by Crippen LogP contribution is -2.40. The third kappa shape index (κ3) is 2.31. The molecule has 1 aliphatic rings. The van der Waals surface area contributed by atoms with Crippen molar-refractivity contribution in [2.24, 2.45) is 0 Å². The summed E-state index contributed by atoms with van der Waals surface area (Å²) in [5.74, 6) is -0.320. The van der Waals surface area contributed by atoms with E-state index in [1.165, 1.54) is 5.56 Å². The number of fused-ring (bicyclic) bond motifs is 2. The Kier molecular flexibility index (Phi) is 3.64. The lowest BCUT2D eigenvalue weighted by atomic mass is 9.87. The van der Waals surface area contributed by atoms with Gasteiger partial charge in [-0.15, -0.1) is 0 Å². The highest BCUT2D eigenvalue weighted by atomic mass is 16.3. The predicted molar refractivity (Wildman–Crippen MR) is 110 cm³/mol. The fraction of sp³-hybridized carbons (Fsp3) is 0.125. The van der Waals surface area contributed by atoms with Crippen LogP contribution in [0.2, 0.25) is 0 Å². The van der Waals surface area contributed by atoms with Gasteiger partial charge in [0.2, 0.25) is 0 Å². The second-order valence-corrected chi connectivity index (χ2v) is 7.35. The average molecular weight is 368 g/mol. The smallest absolute Gasteiger partial charge is 0.268 e. The van der Waals surface area contributed by atoms with Gasteiger partial charge in [0.1, 0.15) is 0 Å². The van der Waals surface area contributed by atoms with E-state index in [0.29, 0.717) is 17.7 Å². The number of H-pyrrole nitrogens is 1. The zero-order chi connectivity index (χ0) is 19.3. The van der Waals surface area contributed by atoms with E-state index in [-0.39, 0.29) is 5.91 Å². The fourth-order valence-corrected chi connectivity index (χ4v) is 4.10. The van der Waals surface area contributed by atoms with Gasteiger partial charge >= 0.3 is 0 Å². The Labute approximate surface area is 163 Å². The lowest BCUT2D eigenvalue weighted by molar-refractivity contribution is -0.132.